The standard InChI is InChI=1S/C20H21FN4O3S/c1-25-19(14-5-7-15(21)8-6-14)23-24-20(25)29-12-18(26)22-11-13-4-9-16(27-2)17(10-13)28-3/h4-10H,11-12H2,1-3H3,(H,22,26). The van der Waals surface area contributed by atoms with E-state index in [1.165, 1.54) is 23.9 Å². The molecule has 3 rings (SSSR count). The van der Waals surface area contributed by atoms with Crippen molar-refractivity contribution >= 4 is 17.7 Å². The van der Waals surface area contributed by atoms with Crippen LogP contribution in [0.5, 0.6) is 11.5 Å². The molecule has 0 bridgehead atoms. The zero-order valence-corrected chi connectivity index (χ0v) is 17.1. The summed E-state index contributed by atoms with van der Waals surface area (Å²) in [6.45, 7) is 0.374. The normalized spacial score (nSPS) is 10.6. The van der Waals surface area contributed by atoms with Gasteiger partial charge in [-0.15, -0.1) is 10.2 Å². The summed E-state index contributed by atoms with van der Waals surface area (Å²) in [6, 6.07) is 11.5. The minimum Gasteiger partial charge on any atom is -0.493 e. The minimum absolute atomic E-state index is 0.129. The largest absolute Gasteiger partial charge is 0.493 e. The van der Waals surface area contributed by atoms with Crippen LogP contribution < -0.4 is 14.8 Å². The van der Waals surface area contributed by atoms with Gasteiger partial charge in [0, 0.05) is 19.2 Å². The third-order valence-electron chi connectivity index (χ3n) is 4.21. The number of aromatic nitrogens is 3. The fourth-order valence-electron chi connectivity index (χ4n) is 2.66. The van der Waals surface area contributed by atoms with Crippen molar-refractivity contribution < 1.29 is 18.7 Å². The first-order valence-corrected chi connectivity index (χ1v) is 9.76. The Morgan fingerprint density at radius 1 is 1.10 bits per heavy atom. The van der Waals surface area contributed by atoms with Crippen molar-refractivity contribution in [2.24, 2.45) is 7.05 Å². The molecule has 1 heterocycles. The number of hydrogen-bond acceptors (Lipinski definition) is 6. The Bertz CT molecular complexity index is 992. The molecule has 0 saturated heterocycles. The monoisotopic (exact) mass is 416 g/mol. The van der Waals surface area contributed by atoms with Gasteiger partial charge in [-0.25, -0.2) is 4.39 Å². The smallest absolute Gasteiger partial charge is 0.230 e. The van der Waals surface area contributed by atoms with E-state index in [-0.39, 0.29) is 17.5 Å². The number of carbonyl (C=O) groups is 1. The van der Waals surface area contributed by atoms with E-state index in [9.17, 15) is 9.18 Å². The van der Waals surface area contributed by atoms with Crippen LogP contribution in [-0.2, 0) is 18.4 Å². The third kappa shape index (κ3) is 5.05. The van der Waals surface area contributed by atoms with Gasteiger partial charge in [0.2, 0.25) is 5.91 Å². The van der Waals surface area contributed by atoms with Gasteiger partial charge in [0.05, 0.1) is 20.0 Å². The average molecular weight is 416 g/mol. The van der Waals surface area contributed by atoms with E-state index in [4.69, 9.17) is 9.47 Å². The molecule has 0 unspecified atom stereocenters. The number of nitrogens with zero attached hydrogens (tertiary/aromatic N) is 3. The summed E-state index contributed by atoms with van der Waals surface area (Å²) in [5, 5.41) is 11.7. The number of methoxy groups -OCH3 is 2. The van der Waals surface area contributed by atoms with Crippen LogP contribution >= 0.6 is 11.8 Å². The lowest BCUT2D eigenvalue weighted by molar-refractivity contribution is -0.118. The van der Waals surface area contributed by atoms with Crippen LogP contribution in [0.25, 0.3) is 11.4 Å². The van der Waals surface area contributed by atoms with Gasteiger partial charge in [0.25, 0.3) is 0 Å². The summed E-state index contributed by atoms with van der Waals surface area (Å²) >= 11 is 1.28. The molecule has 0 radical (unpaired) electrons. The van der Waals surface area contributed by atoms with E-state index in [0.717, 1.165) is 11.1 Å². The number of hydrogen-bond donors (Lipinski definition) is 1. The Morgan fingerprint density at radius 3 is 2.52 bits per heavy atom. The predicted octanol–water partition coefficient (Wildman–Crippen LogP) is 3.05. The van der Waals surface area contributed by atoms with Gasteiger partial charge >= 0.3 is 0 Å². The third-order valence-corrected chi connectivity index (χ3v) is 5.23. The van der Waals surface area contributed by atoms with E-state index in [1.807, 2.05) is 19.2 Å². The number of benzene rings is 2. The molecule has 7 nitrogen and oxygen atoms in total. The Kier molecular flexibility index (Phi) is 6.71. The van der Waals surface area contributed by atoms with Gasteiger partial charge in [0.1, 0.15) is 5.82 Å². The summed E-state index contributed by atoms with van der Waals surface area (Å²) in [6.07, 6.45) is 0. The zero-order valence-electron chi connectivity index (χ0n) is 16.3. The zero-order chi connectivity index (χ0) is 20.8. The van der Waals surface area contributed by atoms with Gasteiger partial charge in [-0.3, -0.25) is 4.79 Å². The van der Waals surface area contributed by atoms with Crippen molar-refractivity contribution in [2.75, 3.05) is 20.0 Å². The van der Waals surface area contributed by atoms with Crippen LogP contribution in [-0.4, -0.2) is 40.6 Å². The molecule has 0 spiro atoms. The highest BCUT2D eigenvalue weighted by atomic mass is 32.2. The summed E-state index contributed by atoms with van der Waals surface area (Å²) in [5.41, 5.74) is 1.66. The predicted molar refractivity (Wildman–Crippen MR) is 109 cm³/mol. The second-order valence-corrected chi connectivity index (χ2v) is 7.07. The van der Waals surface area contributed by atoms with Crippen molar-refractivity contribution in [3.8, 4) is 22.9 Å². The van der Waals surface area contributed by atoms with Gasteiger partial charge in [0.15, 0.2) is 22.5 Å². The molecule has 9 heteroatoms. The molecule has 0 fully saturated rings. The lowest BCUT2D eigenvalue weighted by Gasteiger charge is -2.10. The lowest BCUT2D eigenvalue weighted by Crippen LogP contribution is -2.24. The van der Waals surface area contributed by atoms with Gasteiger partial charge < -0.3 is 19.4 Å². The molecule has 2 aromatic carbocycles. The van der Waals surface area contributed by atoms with Crippen LogP contribution in [0.15, 0.2) is 47.6 Å². The number of rotatable bonds is 8. The Balaban J connectivity index is 1.55. The summed E-state index contributed by atoms with van der Waals surface area (Å²) in [5.74, 6) is 1.62. The van der Waals surface area contributed by atoms with Crippen LogP contribution in [0, 0.1) is 5.82 Å². The van der Waals surface area contributed by atoms with Crippen LogP contribution in [0.3, 0.4) is 0 Å². The molecule has 152 valence electrons. The van der Waals surface area contributed by atoms with Crippen LogP contribution in [0.4, 0.5) is 4.39 Å². The molecule has 0 aliphatic carbocycles. The molecule has 29 heavy (non-hydrogen) atoms. The van der Waals surface area contributed by atoms with Gasteiger partial charge in [-0.05, 0) is 42.0 Å². The van der Waals surface area contributed by atoms with Crippen molar-refractivity contribution in [1.29, 1.82) is 0 Å². The topological polar surface area (TPSA) is 78.3 Å². The van der Waals surface area contributed by atoms with E-state index in [1.54, 1.807) is 37.0 Å². The second-order valence-electron chi connectivity index (χ2n) is 6.13. The first-order chi connectivity index (χ1) is 14.0. The average Bonchev–Trinajstić information content (AvgIpc) is 3.11. The SMILES string of the molecule is COc1ccc(CNC(=O)CSc2nnc(-c3ccc(F)cc3)n2C)cc1OC. The Labute approximate surface area is 172 Å². The summed E-state index contributed by atoms with van der Waals surface area (Å²) in [7, 11) is 4.95. The van der Waals surface area contributed by atoms with Crippen LogP contribution in [0.1, 0.15) is 5.56 Å². The van der Waals surface area contributed by atoms with Crippen molar-refractivity contribution in [2.45, 2.75) is 11.7 Å². The first-order valence-electron chi connectivity index (χ1n) is 8.77. The highest BCUT2D eigenvalue weighted by Gasteiger charge is 2.13. The van der Waals surface area contributed by atoms with Crippen molar-refractivity contribution in [3.05, 3.63) is 53.8 Å². The number of ether oxygens (including phenoxy) is 2. The maximum Gasteiger partial charge on any atom is 0.230 e. The quantitative estimate of drug-likeness (QED) is 0.569. The van der Waals surface area contributed by atoms with E-state index < -0.39 is 0 Å². The summed E-state index contributed by atoms with van der Waals surface area (Å²) < 4.78 is 25.3. The molecule has 0 aliphatic heterocycles. The van der Waals surface area contributed by atoms with Crippen molar-refractivity contribution in [1.82, 2.24) is 20.1 Å². The minimum atomic E-state index is -0.309. The molecular weight excluding hydrogens is 395 g/mol. The molecule has 0 saturated carbocycles. The van der Waals surface area contributed by atoms with Gasteiger partial charge in [-0.2, -0.15) is 0 Å². The molecule has 1 aromatic heterocycles. The maximum absolute atomic E-state index is 13.1. The highest BCUT2D eigenvalue weighted by Crippen LogP contribution is 2.27. The number of halogens is 1. The lowest BCUT2D eigenvalue weighted by atomic mass is 10.2. The highest BCUT2D eigenvalue weighted by molar-refractivity contribution is 7.99. The molecule has 1 amide bonds. The summed E-state index contributed by atoms with van der Waals surface area (Å²) in [4.78, 5) is 12.2. The molecular formula is C20H21FN4O3S. The van der Waals surface area contributed by atoms with E-state index in [2.05, 4.69) is 15.5 Å². The Morgan fingerprint density at radius 2 is 1.83 bits per heavy atom. The maximum atomic E-state index is 13.1. The van der Waals surface area contributed by atoms with Crippen LogP contribution in [0.2, 0.25) is 0 Å². The number of thioether (sulfide) groups is 1. The van der Waals surface area contributed by atoms with E-state index in [0.29, 0.717) is 29.0 Å². The fraction of sp³-hybridized carbons (Fsp3) is 0.250. The molecule has 1 N–H and O–H groups in total. The molecule has 0 atom stereocenters. The van der Waals surface area contributed by atoms with Crippen molar-refractivity contribution in [3.63, 3.8) is 0 Å². The van der Waals surface area contributed by atoms with Gasteiger partial charge in [-0.1, -0.05) is 17.8 Å². The number of carbonyl (C=O) groups excluding carboxylic acids is 1. The first kappa shape index (κ1) is 20.7. The fourth-order valence-corrected chi connectivity index (χ4v) is 3.40. The Hall–Kier alpha value is -3.07. The number of nitrogens with one attached hydrogen (secondary N) is 1. The second kappa shape index (κ2) is 9.42. The number of amides is 1. The molecule has 3 aromatic rings. The molecule has 0 aliphatic rings. The van der Waals surface area contributed by atoms with E-state index >= 15 is 0 Å².